The first kappa shape index (κ1) is 9.02. The predicted octanol–water partition coefficient (Wildman–Crippen LogP) is 1.81. The molecule has 0 fully saturated rings. The first-order chi connectivity index (χ1) is 6.81. The van der Waals surface area contributed by atoms with Crippen molar-refractivity contribution in [2.45, 2.75) is 0 Å². The number of furan rings is 1. The quantitative estimate of drug-likeness (QED) is 0.426. The van der Waals surface area contributed by atoms with E-state index in [1.807, 2.05) is 0 Å². The first-order valence-corrected chi connectivity index (χ1v) is 4.44. The number of carbonyl (C=O) groups is 1. The summed E-state index contributed by atoms with van der Waals surface area (Å²) in [5, 5.41) is 3.52. The maximum Gasteiger partial charge on any atom is 0.367 e. The van der Waals surface area contributed by atoms with Gasteiger partial charge in [0, 0.05) is 0 Å². The molecule has 5 heteroatoms. The lowest BCUT2D eigenvalue weighted by Crippen LogP contribution is -2.06. The van der Waals surface area contributed by atoms with Crippen molar-refractivity contribution in [3.63, 3.8) is 0 Å². The van der Waals surface area contributed by atoms with Gasteiger partial charge in [0.1, 0.15) is 11.5 Å². The highest BCUT2D eigenvalue weighted by atomic mass is 35.5. The summed E-state index contributed by atoms with van der Waals surface area (Å²) in [5.41, 5.74) is 0.767. The fraction of sp³-hybridized carbons (Fsp3) is 0.111. The van der Waals surface area contributed by atoms with Gasteiger partial charge in [-0.15, -0.1) is 11.6 Å². The van der Waals surface area contributed by atoms with Gasteiger partial charge in [0.15, 0.2) is 0 Å². The number of hydrogen-bond acceptors (Lipinski definition) is 4. The van der Waals surface area contributed by atoms with E-state index >= 15 is 0 Å². The third-order valence-electron chi connectivity index (χ3n) is 1.73. The van der Waals surface area contributed by atoms with Gasteiger partial charge in [-0.2, -0.15) is 0 Å². The molecule has 1 aliphatic rings. The van der Waals surface area contributed by atoms with Crippen LogP contribution in [0.2, 0.25) is 0 Å². The molecule has 72 valence electrons. The summed E-state index contributed by atoms with van der Waals surface area (Å²) in [7, 11) is 0. The minimum absolute atomic E-state index is 0.137. The number of carbonyl (C=O) groups excluding carboxylic acids is 1. The van der Waals surface area contributed by atoms with Crippen molar-refractivity contribution in [2.75, 3.05) is 5.88 Å². The van der Waals surface area contributed by atoms with E-state index in [2.05, 4.69) is 9.99 Å². The molecule has 14 heavy (non-hydrogen) atoms. The Bertz CT molecular complexity index is 406. The van der Waals surface area contributed by atoms with Crippen molar-refractivity contribution < 1.29 is 14.0 Å². The Morgan fingerprint density at radius 1 is 1.57 bits per heavy atom. The van der Waals surface area contributed by atoms with Crippen LogP contribution in [0.25, 0.3) is 6.08 Å². The molecule has 0 bridgehead atoms. The maximum absolute atomic E-state index is 11.2. The van der Waals surface area contributed by atoms with Crippen LogP contribution in [0.15, 0.2) is 33.5 Å². The minimum atomic E-state index is -0.503. The Kier molecular flexibility index (Phi) is 2.37. The van der Waals surface area contributed by atoms with Crippen LogP contribution in [-0.2, 0) is 9.63 Å². The Balaban J connectivity index is 2.33. The number of halogens is 1. The van der Waals surface area contributed by atoms with Crippen molar-refractivity contribution in [1.29, 1.82) is 0 Å². The average molecular weight is 212 g/mol. The SMILES string of the molecule is O=C1ON=C(CCl)/C1=C/c1ccco1. The van der Waals surface area contributed by atoms with Crippen molar-refractivity contribution in [3.05, 3.63) is 29.7 Å². The molecule has 0 saturated carbocycles. The van der Waals surface area contributed by atoms with Gasteiger partial charge in [-0.25, -0.2) is 4.79 Å². The molecular formula is C9H6ClNO3. The van der Waals surface area contributed by atoms with Crippen LogP contribution in [0.1, 0.15) is 5.76 Å². The molecule has 0 aromatic carbocycles. The zero-order chi connectivity index (χ0) is 9.97. The van der Waals surface area contributed by atoms with Crippen LogP contribution < -0.4 is 0 Å². The fourth-order valence-corrected chi connectivity index (χ4v) is 1.26. The minimum Gasteiger partial charge on any atom is -0.465 e. The van der Waals surface area contributed by atoms with E-state index in [1.165, 1.54) is 6.26 Å². The Labute approximate surface area is 84.8 Å². The second-order valence-electron chi connectivity index (χ2n) is 2.62. The molecule has 0 spiro atoms. The third-order valence-corrected chi connectivity index (χ3v) is 1.98. The molecule has 0 aliphatic carbocycles. The molecule has 2 rings (SSSR count). The molecule has 1 aromatic rings. The maximum atomic E-state index is 11.2. The van der Waals surface area contributed by atoms with Crippen molar-refractivity contribution in [1.82, 2.24) is 0 Å². The zero-order valence-corrected chi connectivity index (χ0v) is 7.82. The molecule has 0 radical (unpaired) electrons. The number of oxime groups is 1. The monoisotopic (exact) mass is 211 g/mol. The summed E-state index contributed by atoms with van der Waals surface area (Å²) < 4.78 is 5.05. The van der Waals surface area contributed by atoms with Crippen molar-refractivity contribution >= 4 is 29.4 Å². The van der Waals surface area contributed by atoms with Crippen LogP contribution >= 0.6 is 11.6 Å². The van der Waals surface area contributed by atoms with E-state index in [0.717, 1.165) is 0 Å². The van der Waals surface area contributed by atoms with Gasteiger partial charge in [0.05, 0.1) is 17.7 Å². The fourth-order valence-electron chi connectivity index (χ4n) is 1.07. The highest BCUT2D eigenvalue weighted by molar-refractivity contribution is 6.38. The lowest BCUT2D eigenvalue weighted by molar-refractivity contribution is -0.136. The molecule has 1 aliphatic heterocycles. The van der Waals surface area contributed by atoms with Gasteiger partial charge in [0.2, 0.25) is 0 Å². The summed E-state index contributed by atoms with van der Waals surface area (Å²) in [6, 6.07) is 3.45. The molecule has 1 aromatic heterocycles. The summed E-state index contributed by atoms with van der Waals surface area (Å²) in [5.74, 6) is 0.201. The van der Waals surface area contributed by atoms with Crippen molar-refractivity contribution in [3.8, 4) is 0 Å². The highest BCUT2D eigenvalue weighted by Crippen LogP contribution is 2.16. The van der Waals surface area contributed by atoms with E-state index < -0.39 is 5.97 Å². The first-order valence-electron chi connectivity index (χ1n) is 3.91. The molecule has 0 N–H and O–H groups in total. The van der Waals surface area contributed by atoms with Crippen molar-refractivity contribution in [2.24, 2.45) is 5.16 Å². The normalized spacial score (nSPS) is 18.5. The van der Waals surface area contributed by atoms with Crippen LogP contribution in [0.4, 0.5) is 0 Å². The molecule has 0 amide bonds. The largest absolute Gasteiger partial charge is 0.465 e. The van der Waals surface area contributed by atoms with E-state index in [0.29, 0.717) is 17.0 Å². The molecule has 4 nitrogen and oxygen atoms in total. The lowest BCUT2D eigenvalue weighted by atomic mass is 10.1. The number of rotatable bonds is 2. The molecule has 2 heterocycles. The van der Waals surface area contributed by atoms with Crippen LogP contribution in [0, 0.1) is 0 Å². The molecule has 0 atom stereocenters. The third kappa shape index (κ3) is 1.56. The van der Waals surface area contributed by atoms with E-state index in [9.17, 15) is 4.79 Å². The molecule has 0 saturated heterocycles. The molecule has 0 unspecified atom stereocenters. The lowest BCUT2D eigenvalue weighted by Gasteiger charge is -1.91. The van der Waals surface area contributed by atoms with Gasteiger partial charge in [0.25, 0.3) is 0 Å². The Morgan fingerprint density at radius 3 is 3.07 bits per heavy atom. The second-order valence-corrected chi connectivity index (χ2v) is 2.89. The van der Waals surface area contributed by atoms with Gasteiger partial charge < -0.3 is 9.25 Å². The van der Waals surface area contributed by atoms with Crippen LogP contribution in [0.5, 0.6) is 0 Å². The average Bonchev–Trinajstić information content (AvgIpc) is 2.79. The van der Waals surface area contributed by atoms with Gasteiger partial charge in [-0.3, -0.25) is 0 Å². The van der Waals surface area contributed by atoms with E-state index in [-0.39, 0.29) is 5.88 Å². The Hall–Kier alpha value is -1.55. The summed E-state index contributed by atoms with van der Waals surface area (Å²) >= 11 is 5.57. The number of alkyl halides is 1. The highest BCUT2D eigenvalue weighted by Gasteiger charge is 2.24. The summed E-state index contributed by atoms with van der Waals surface area (Å²) in [6.07, 6.45) is 3.07. The van der Waals surface area contributed by atoms with Crippen LogP contribution in [-0.4, -0.2) is 17.6 Å². The van der Waals surface area contributed by atoms with Gasteiger partial charge >= 0.3 is 5.97 Å². The van der Waals surface area contributed by atoms with E-state index in [1.54, 1.807) is 18.2 Å². The second kappa shape index (κ2) is 3.67. The molecular weight excluding hydrogens is 206 g/mol. The number of nitrogens with zero attached hydrogens (tertiary/aromatic N) is 1. The summed E-state index contributed by atoms with van der Waals surface area (Å²) in [4.78, 5) is 15.6. The van der Waals surface area contributed by atoms with Crippen LogP contribution in [0.3, 0.4) is 0 Å². The standard InChI is InChI=1S/C9H6ClNO3/c10-5-8-7(9(12)14-11-8)4-6-2-1-3-13-6/h1-4H,5H2/b7-4-. The summed E-state index contributed by atoms with van der Waals surface area (Å²) in [6.45, 7) is 0. The van der Waals surface area contributed by atoms with E-state index in [4.69, 9.17) is 16.0 Å². The number of hydrogen-bond donors (Lipinski definition) is 0. The smallest absolute Gasteiger partial charge is 0.367 e. The van der Waals surface area contributed by atoms with Gasteiger partial charge in [-0.1, -0.05) is 5.16 Å². The zero-order valence-electron chi connectivity index (χ0n) is 7.07. The Morgan fingerprint density at radius 2 is 2.43 bits per heavy atom. The van der Waals surface area contributed by atoms with Gasteiger partial charge in [-0.05, 0) is 18.2 Å². The predicted molar refractivity (Wildman–Crippen MR) is 50.9 cm³/mol. The topological polar surface area (TPSA) is 51.8 Å².